The van der Waals surface area contributed by atoms with E-state index in [1.807, 2.05) is 31.2 Å². The summed E-state index contributed by atoms with van der Waals surface area (Å²) in [5, 5.41) is 4.59. The van der Waals surface area contributed by atoms with Gasteiger partial charge in [-0.15, -0.1) is 0 Å². The minimum absolute atomic E-state index is 0.656. The second-order valence-corrected chi connectivity index (χ2v) is 4.77. The molecule has 1 aromatic carbocycles. The van der Waals surface area contributed by atoms with Crippen LogP contribution in [0.25, 0.3) is 0 Å². The third-order valence-corrected chi connectivity index (χ3v) is 2.78. The maximum atomic E-state index is 5.92. The number of rotatable bonds is 4. The highest BCUT2D eigenvalue weighted by Crippen LogP contribution is 2.19. The summed E-state index contributed by atoms with van der Waals surface area (Å²) >= 11 is 11.8. The molecule has 4 heteroatoms. The third kappa shape index (κ3) is 3.77. The Morgan fingerprint density at radius 2 is 1.76 bits per heavy atom. The molecule has 0 saturated heterocycles. The van der Waals surface area contributed by atoms with E-state index in [1.54, 1.807) is 6.07 Å². The van der Waals surface area contributed by atoms with E-state index >= 15 is 0 Å². The number of nitrogens with one attached hydrogen (secondary N) is 1. The SMILES string of the molecule is Cc1ccc(CNCc2cc(Cl)cc(Cl)c2)o1. The van der Waals surface area contributed by atoms with Gasteiger partial charge >= 0.3 is 0 Å². The van der Waals surface area contributed by atoms with Crippen molar-refractivity contribution in [1.82, 2.24) is 5.32 Å². The molecule has 2 nitrogen and oxygen atoms in total. The number of halogens is 2. The summed E-state index contributed by atoms with van der Waals surface area (Å²) in [7, 11) is 0. The summed E-state index contributed by atoms with van der Waals surface area (Å²) in [4.78, 5) is 0. The first-order valence-corrected chi connectivity index (χ1v) is 6.10. The molecule has 17 heavy (non-hydrogen) atoms. The van der Waals surface area contributed by atoms with Crippen LogP contribution in [0.2, 0.25) is 10.0 Å². The van der Waals surface area contributed by atoms with Gasteiger partial charge < -0.3 is 9.73 Å². The molecule has 0 radical (unpaired) electrons. The van der Waals surface area contributed by atoms with E-state index in [0.717, 1.165) is 17.1 Å². The van der Waals surface area contributed by atoms with E-state index in [9.17, 15) is 0 Å². The van der Waals surface area contributed by atoms with Gasteiger partial charge in [0, 0.05) is 16.6 Å². The molecule has 0 saturated carbocycles. The summed E-state index contributed by atoms with van der Waals surface area (Å²) in [6.07, 6.45) is 0. The highest BCUT2D eigenvalue weighted by atomic mass is 35.5. The van der Waals surface area contributed by atoms with Crippen molar-refractivity contribution in [2.24, 2.45) is 0 Å². The highest BCUT2D eigenvalue weighted by Gasteiger charge is 2.00. The molecule has 2 aromatic rings. The topological polar surface area (TPSA) is 25.2 Å². The summed E-state index contributed by atoms with van der Waals surface area (Å²) in [5.41, 5.74) is 1.06. The van der Waals surface area contributed by atoms with Crippen LogP contribution in [0, 0.1) is 6.92 Å². The lowest BCUT2D eigenvalue weighted by Gasteiger charge is -2.04. The van der Waals surface area contributed by atoms with Crippen LogP contribution in [-0.2, 0) is 13.1 Å². The average molecular weight is 270 g/mol. The van der Waals surface area contributed by atoms with E-state index in [1.165, 1.54) is 0 Å². The van der Waals surface area contributed by atoms with Crippen LogP contribution < -0.4 is 5.32 Å². The van der Waals surface area contributed by atoms with Crippen LogP contribution in [0.3, 0.4) is 0 Å². The lowest BCUT2D eigenvalue weighted by molar-refractivity contribution is 0.462. The summed E-state index contributed by atoms with van der Waals surface area (Å²) in [6.45, 7) is 3.33. The zero-order valence-corrected chi connectivity index (χ0v) is 11.0. The maximum absolute atomic E-state index is 5.92. The minimum atomic E-state index is 0.656. The van der Waals surface area contributed by atoms with E-state index in [0.29, 0.717) is 23.1 Å². The van der Waals surface area contributed by atoms with E-state index < -0.39 is 0 Å². The second-order valence-electron chi connectivity index (χ2n) is 3.89. The molecule has 1 aromatic heterocycles. The number of hydrogen-bond acceptors (Lipinski definition) is 2. The summed E-state index contributed by atoms with van der Waals surface area (Å²) in [5.74, 6) is 1.85. The van der Waals surface area contributed by atoms with Crippen molar-refractivity contribution < 1.29 is 4.42 Å². The van der Waals surface area contributed by atoms with E-state index in [-0.39, 0.29) is 0 Å². The molecule has 0 atom stereocenters. The van der Waals surface area contributed by atoms with Gasteiger partial charge in [0.2, 0.25) is 0 Å². The monoisotopic (exact) mass is 269 g/mol. The molecule has 0 bridgehead atoms. The largest absolute Gasteiger partial charge is 0.465 e. The zero-order chi connectivity index (χ0) is 12.3. The van der Waals surface area contributed by atoms with Gasteiger partial charge in [0.25, 0.3) is 0 Å². The Balaban J connectivity index is 1.89. The molecule has 1 heterocycles. The molecule has 0 aliphatic carbocycles. The van der Waals surface area contributed by atoms with Crippen LogP contribution in [0.1, 0.15) is 17.1 Å². The van der Waals surface area contributed by atoms with Gasteiger partial charge in [-0.1, -0.05) is 23.2 Å². The predicted octanol–water partition coefficient (Wildman–Crippen LogP) is 4.18. The average Bonchev–Trinajstić information content (AvgIpc) is 2.63. The first kappa shape index (κ1) is 12.5. The molecule has 0 amide bonds. The van der Waals surface area contributed by atoms with Crippen LogP contribution in [0.5, 0.6) is 0 Å². The first-order chi connectivity index (χ1) is 8.13. The van der Waals surface area contributed by atoms with Gasteiger partial charge in [-0.2, -0.15) is 0 Å². The van der Waals surface area contributed by atoms with Gasteiger partial charge in [0.05, 0.1) is 6.54 Å². The lowest BCUT2D eigenvalue weighted by Crippen LogP contribution is -2.12. The van der Waals surface area contributed by atoms with E-state index in [4.69, 9.17) is 27.6 Å². The van der Waals surface area contributed by atoms with Crippen molar-refractivity contribution in [2.45, 2.75) is 20.0 Å². The molecular formula is C13H13Cl2NO. The fourth-order valence-corrected chi connectivity index (χ4v) is 2.19. The number of furan rings is 1. The molecule has 0 aliphatic rings. The maximum Gasteiger partial charge on any atom is 0.117 e. The Hall–Kier alpha value is -0.960. The molecule has 0 spiro atoms. The molecule has 0 aliphatic heterocycles. The number of hydrogen-bond donors (Lipinski definition) is 1. The van der Waals surface area contributed by atoms with Crippen LogP contribution in [-0.4, -0.2) is 0 Å². The Morgan fingerprint density at radius 3 is 2.35 bits per heavy atom. The standard InChI is InChI=1S/C13H13Cl2NO/c1-9-2-3-13(17-9)8-16-7-10-4-11(14)6-12(15)5-10/h2-6,16H,7-8H2,1H3. The normalized spacial score (nSPS) is 10.8. The molecular weight excluding hydrogens is 257 g/mol. The Morgan fingerprint density at radius 1 is 1.06 bits per heavy atom. The van der Waals surface area contributed by atoms with Crippen LogP contribution in [0.4, 0.5) is 0 Å². The van der Waals surface area contributed by atoms with Crippen LogP contribution >= 0.6 is 23.2 Å². The second kappa shape index (κ2) is 5.58. The summed E-state index contributed by atoms with van der Waals surface area (Å²) in [6, 6.07) is 9.44. The molecule has 2 rings (SSSR count). The predicted molar refractivity (Wildman–Crippen MR) is 70.5 cm³/mol. The van der Waals surface area contributed by atoms with Gasteiger partial charge in [-0.3, -0.25) is 0 Å². The molecule has 0 unspecified atom stereocenters. The minimum Gasteiger partial charge on any atom is -0.465 e. The van der Waals surface area contributed by atoms with Crippen molar-refractivity contribution in [3.8, 4) is 0 Å². The van der Waals surface area contributed by atoms with Crippen molar-refractivity contribution in [1.29, 1.82) is 0 Å². The molecule has 0 fully saturated rings. The van der Waals surface area contributed by atoms with Crippen molar-refractivity contribution in [3.63, 3.8) is 0 Å². The lowest BCUT2D eigenvalue weighted by atomic mass is 10.2. The Labute approximate surface area is 111 Å². The smallest absolute Gasteiger partial charge is 0.117 e. The number of benzene rings is 1. The van der Waals surface area contributed by atoms with Gasteiger partial charge in [-0.25, -0.2) is 0 Å². The van der Waals surface area contributed by atoms with Crippen molar-refractivity contribution >= 4 is 23.2 Å². The Kier molecular flexibility index (Phi) is 4.11. The van der Waals surface area contributed by atoms with Gasteiger partial charge in [-0.05, 0) is 42.8 Å². The fourth-order valence-electron chi connectivity index (χ4n) is 1.62. The summed E-state index contributed by atoms with van der Waals surface area (Å²) < 4.78 is 5.45. The van der Waals surface area contributed by atoms with Gasteiger partial charge in [0.15, 0.2) is 0 Å². The van der Waals surface area contributed by atoms with Crippen molar-refractivity contribution in [2.75, 3.05) is 0 Å². The fraction of sp³-hybridized carbons (Fsp3) is 0.231. The zero-order valence-electron chi connectivity index (χ0n) is 9.47. The quantitative estimate of drug-likeness (QED) is 0.901. The third-order valence-electron chi connectivity index (χ3n) is 2.35. The van der Waals surface area contributed by atoms with Crippen molar-refractivity contribution in [3.05, 3.63) is 57.5 Å². The van der Waals surface area contributed by atoms with Crippen LogP contribution in [0.15, 0.2) is 34.7 Å². The highest BCUT2D eigenvalue weighted by molar-refractivity contribution is 6.34. The van der Waals surface area contributed by atoms with Gasteiger partial charge in [0.1, 0.15) is 11.5 Å². The van der Waals surface area contributed by atoms with E-state index in [2.05, 4.69) is 5.32 Å². The number of aryl methyl sites for hydroxylation is 1. The molecule has 1 N–H and O–H groups in total. The molecule has 90 valence electrons. The first-order valence-electron chi connectivity index (χ1n) is 5.34. The Bertz CT molecular complexity index is 488.